The van der Waals surface area contributed by atoms with Gasteiger partial charge in [-0.2, -0.15) is 0 Å². The van der Waals surface area contributed by atoms with Crippen molar-refractivity contribution < 1.29 is 4.39 Å². The van der Waals surface area contributed by atoms with Gasteiger partial charge in [-0.15, -0.1) is 0 Å². The number of H-pyrrole nitrogens is 1. The summed E-state index contributed by atoms with van der Waals surface area (Å²) in [5.74, 6) is -0.305. The molecule has 1 aromatic carbocycles. The van der Waals surface area contributed by atoms with Crippen LogP contribution in [0.5, 0.6) is 0 Å². The standard InChI is InChI=1S/C14H12FN3S/c1-8-3-4-11(10(15)7-8)18-13-12(17-14(18)19)9(2)5-6-16-13/h3-7H,1-2H3,(H,17,19). The molecule has 0 fully saturated rings. The van der Waals surface area contributed by atoms with Crippen molar-refractivity contribution in [3.63, 3.8) is 0 Å². The van der Waals surface area contributed by atoms with E-state index in [1.807, 2.05) is 26.0 Å². The maximum Gasteiger partial charge on any atom is 0.184 e. The second-order valence-electron chi connectivity index (χ2n) is 4.55. The van der Waals surface area contributed by atoms with Crippen molar-refractivity contribution in [2.45, 2.75) is 13.8 Å². The molecule has 19 heavy (non-hydrogen) atoms. The number of fused-ring (bicyclic) bond motifs is 1. The second kappa shape index (κ2) is 4.28. The van der Waals surface area contributed by atoms with Crippen LogP contribution in [0.25, 0.3) is 16.9 Å². The van der Waals surface area contributed by atoms with Crippen LogP contribution in [0.1, 0.15) is 11.1 Å². The zero-order chi connectivity index (χ0) is 13.6. The highest BCUT2D eigenvalue weighted by Gasteiger charge is 2.12. The number of hydrogen-bond acceptors (Lipinski definition) is 2. The molecule has 1 N–H and O–H groups in total. The number of benzene rings is 1. The monoisotopic (exact) mass is 273 g/mol. The van der Waals surface area contributed by atoms with Crippen LogP contribution >= 0.6 is 12.2 Å². The van der Waals surface area contributed by atoms with E-state index in [1.54, 1.807) is 16.8 Å². The Kier molecular flexibility index (Phi) is 2.71. The van der Waals surface area contributed by atoms with Crippen LogP contribution in [0.15, 0.2) is 30.5 Å². The zero-order valence-corrected chi connectivity index (χ0v) is 11.4. The normalized spacial score (nSPS) is 11.1. The Bertz CT molecular complexity index is 832. The van der Waals surface area contributed by atoms with Gasteiger partial charge in [-0.05, 0) is 55.4 Å². The molecule has 2 aromatic heterocycles. The first-order chi connectivity index (χ1) is 9.08. The summed E-state index contributed by atoms with van der Waals surface area (Å²) in [6.07, 6.45) is 1.70. The molecule has 0 unspecified atom stereocenters. The molecule has 0 saturated carbocycles. The van der Waals surface area contributed by atoms with E-state index in [4.69, 9.17) is 12.2 Å². The number of halogens is 1. The average Bonchev–Trinajstić information content (AvgIpc) is 2.68. The molecular formula is C14H12FN3S. The predicted octanol–water partition coefficient (Wildman–Crippen LogP) is 3.84. The van der Waals surface area contributed by atoms with Gasteiger partial charge in [0.25, 0.3) is 0 Å². The number of imidazole rings is 1. The van der Waals surface area contributed by atoms with Crippen molar-refractivity contribution in [2.24, 2.45) is 0 Å². The van der Waals surface area contributed by atoms with Crippen molar-refractivity contribution in [1.29, 1.82) is 0 Å². The Balaban J connectivity index is 2.40. The van der Waals surface area contributed by atoms with E-state index in [-0.39, 0.29) is 5.82 Å². The lowest BCUT2D eigenvalue weighted by molar-refractivity contribution is 0.617. The topological polar surface area (TPSA) is 33.6 Å². The molecular weight excluding hydrogens is 261 g/mol. The van der Waals surface area contributed by atoms with Crippen LogP contribution < -0.4 is 0 Å². The number of rotatable bonds is 1. The molecule has 3 rings (SSSR count). The van der Waals surface area contributed by atoms with Gasteiger partial charge in [0.2, 0.25) is 0 Å². The molecule has 3 aromatic rings. The summed E-state index contributed by atoms with van der Waals surface area (Å²) in [4.78, 5) is 7.39. The average molecular weight is 273 g/mol. The summed E-state index contributed by atoms with van der Waals surface area (Å²) in [6.45, 7) is 3.81. The van der Waals surface area contributed by atoms with E-state index in [0.717, 1.165) is 16.6 Å². The summed E-state index contributed by atoms with van der Waals surface area (Å²) in [5.41, 5.74) is 3.80. The van der Waals surface area contributed by atoms with Crippen LogP contribution in [0.3, 0.4) is 0 Å². The van der Waals surface area contributed by atoms with Crippen molar-refractivity contribution >= 4 is 23.4 Å². The Hall–Kier alpha value is -2.01. The van der Waals surface area contributed by atoms with Gasteiger partial charge in [0.15, 0.2) is 10.4 Å². The third kappa shape index (κ3) is 1.86. The quantitative estimate of drug-likeness (QED) is 0.683. The van der Waals surface area contributed by atoms with Crippen LogP contribution in [0.2, 0.25) is 0 Å². The number of aromatic nitrogens is 3. The smallest absolute Gasteiger partial charge is 0.184 e. The van der Waals surface area contributed by atoms with Gasteiger partial charge in [-0.1, -0.05) is 6.07 Å². The van der Waals surface area contributed by atoms with Crippen LogP contribution in [-0.2, 0) is 0 Å². The van der Waals surface area contributed by atoms with E-state index < -0.39 is 0 Å². The van der Waals surface area contributed by atoms with E-state index in [9.17, 15) is 4.39 Å². The molecule has 96 valence electrons. The second-order valence-corrected chi connectivity index (χ2v) is 4.93. The molecule has 0 saturated heterocycles. The van der Waals surface area contributed by atoms with Gasteiger partial charge in [-0.3, -0.25) is 4.57 Å². The summed E-state index contributed by atoms with van der Waals surface area (Å²) in [5, 5.41) is 0. The van der Waals surface area contributed by atoms with E-state index >= 15 is 0 Å². The van der Waals surface area contributed by atoms with Crippen molar-refractivity contribution in [3.8, 4) is 5.69 Å². The van der Waals surface area contributed by atoms with Crippen LogP contribution in [-0.4, -0.2) is 14.5 Å². The molecule has 0 radical (unpaired) electrons. The Morgan fingerprint density at radius 3 is 2.79 bits per heavy atom. The van der Waals surface area contributed by atoms with Crippen LogP contribution in [0, 0.1) is 24.4 Å². The van der Waals surface area contributed by atoms with Gasteiger partial charge in [0, 0.05) is 6.20 Å². The SMILES string of the molecule is Cc1ccc(-n2c(=S)[nH]c3c(C)ccnc32)c(F)c1. The number of aromatic amines is 1. The van der Waals surface area contributed by atoms with Gasteiger partial charge >= 0.3 is 0 Å². The van der Waals surface area contributed by atoms with E-state index in [2.05, 4.69) is 9.97 Å². The molecule has 0 aliphatic heterocycles. The first-order valence-corrected chi connectivity index (χ1v) is 6.31. The minimum atomic E-state index is -0.305. The summed E-state index contributed by atoms with van der Waals surface area (Å²) >= 11 is 5.29. The minimum Gasteiger partial charge on any atom is -0.329 e. The predicted molar refractivity (Wildman–Crippen MR) is 75.7 cm³/mol. The number of nitrogens with one attached hydrogen (secondary N) is 1. The third-order valence-corrected chi connectivity index (χ3v) is 3.41. The Labute approximate surface area is 114 Å². The highest BCUT2D eigenvalue weighted by Crippen LogP contribution is 2.22. The van der Waals surface area contributed by atoms with Crippen molar-refractivity contribution in [1.82, 2.24) is 14.5 Å². The molecule has 0 spiro atoms. The van der Waals surface area contributed by atoms with Crippen molar-refractivity contribution in [3.05, 3.63) is 52.2 Å². The zero-order valence-electron chi connectivity index (χ0n) is 10.6. The fourth-order valence-electron chi connectivity index (χ4n) is 2.14. The van der Waals surface area contributed by atoms with E-state index in [0.29, 0.717) is 16.1 Å². The maximum atomic E-state index is 14.1. The molecule has 0 aliphatic carbocycles. The first kappa shape index (κ1) is 12.0. The highest BCUT2D eigenvalue weighted by molar-refractivity contribution is 7.71. The summed E-state index contributed by atoms with van der Waals surface area (Å²) < 4.78 is 16.2. The molecule has 5 heteroatoms. The van der Waals surface area contributed by atoms with Gasteiger partial charge in [0.1, 0.15) is 5.82 Å². The van der Waals surface area contributed by atoms with Gasteiger partial charge in [0.05, 0.1) is 11.2 Å². The molecule has 0 amide bonds. The van der Waals surface area contributed by atoms with Crippen molar-refractivity contribution in [2.75, 3.05) is 0 Å². The largest absolute Gasteiger partial charge is 0.329 e. The van der Waals surface area contributed by atoms with Crippen LogP contribution in [0.4, 0.5) is 4.39 Å². The van der Waals surface area contributed by atoms with E-state index in [1.165, 1.54) is 6.07 Å². The summed E-state index contributed by atoms with van der Waals surface area (Å²) in [6, 6.07) is 6.96. The van der Waals surface area contributed by atoms with Gasteiger partial charge in [-0.25, -0.2) is 9.37 Å². The number of pyridine rings is 1. The number of aryl methyl sites for hydroxylation is 2. The third-order valence-electron chi connectivity index (χ3n) is 3.13. The molecule has 0 bridgehead atoms. The lowest BCUT2D eigenvalue weighted by Gasteiger charge is -2.06. The maximum absolute atomic E-state index is 14.1. The Morgan fingerprint density at radius 1 is 1.26 bits per heavy atom. The fourth-order valence-corrected chi connectivity index (χ4v) is 2.43. The number of hydrogen-bond donors (Lipinski definition) is 1. The molecule has 0 atom stereocenters. The lowest BCUT2D eigenvalue weighted by atomic mass is 10.2. The van der Waals surface area contributed by atoms with Gasteiger partial charge < -0.3 is 4.98 Å². The molecule has 0 aliphatic rings. The summed E-state index contributed by atoms with van der Waals surface area (Å²) in [7, 11) is 0. The lowest BCUT2D eigenvalue weighted by Crippen LogP contribution is -1.99. The fraction of sp³-hybridized carbons (Fsp3) is 0.143. The minimum absolute atomic E-state index is 0.305. The molecule has 3 nitrogen and oxygen atoms in total. The first-order valence-electron chi connectivity index (χ1n) is 5.91. The molecule has 2 heterocycles. The highest BCUT2D eigenvalue weighted by atomic mass is 32.1. The number of nitrogens with zero attached hydrogens (tertiary/aromatic N) is 2. The Morgan fingerprint density at radius 2 is 2.05 bits per heavy atom.